The summed E-state index contributed by atoms with van der Waals surface area (Å²) in [7, 11) is 2.11. The van der Waals surface area contributed by atoms with Gasteiger partial charge in [-0.1, -0.05) is 0 Å². The van der Waals surface area contributed by atoms with E-state index in [1.807, 2.05) is 0 Å². The lowest BCUT2D eigenvalue weighted by molar-refractivity contribution is 0.267. The molecule has 0 aromatic rings. The average Bonchev–Trinajstić information content (AvgIpc) is 3.10. The first-order chi connectivity index (χ1) is 6.82. The van der Waals surface area contributed by atoms with Crippen LogP contribution in [0.25, 0.3) is 0 Å². The van der Waals surface area contributed by atoms with Crippen LogP contribution in [0.4, 0.5) is 0 Å². The first kappa shape index (κ1) is 9.17. The SMILES string of the molecule is CNC1CCC2(CC1)CC2NC1CC1. The molecule has 3 aliphatic rings. The van der Waals surface area contributed by atoms with Gasteiger partial charge in [0.1, 0.15) is 0 Å². The minimum Gasteiger partial charge on any atom is -0.317 e. The second-order valence-electron chi connectivity index (χ2n) is 5.62. The molecule has 0 amide bonds. The van der Waals surface area contributed by atoms with Crippen molar-refractivity contribution in [3.63, 3.8) is 0 Å². The molecular formula is C12H22N2. The van der Waals surface area contributed by atoms with Crippen molar-refractivity contribution in [1.82, 2.24) is 10.6 Å². The van der Waals surface area contributed by atoms with E-state index in [1.165, 1.54) is 44.9 Å². The fourth-order valence-electron chi connectivity index (χ4n) is 3.15. The Morgan fingerprint density at radius 2 is 1.71 bits per heavy atom. The van der Waals surface area contributed by atoms with E-state index in [4.69, 9.17) is 0 Å². The maximum Gasteiger partial charge on any atom is 0.0133 e. The van der Waals surface area contributed by atoms with Gasteiger partial charge >= 0.3 is 0 Å². The highest BCUT2D eigenvalue weighted by atomic mass is 15.1. The third-order valence-corrected chi connectivity index (χ3v) is 4.59. The van der Waals surface area contributed by atoms with Crippen molar-refractivity contribution in [1.29, 1.82) is 0 Å². The highest BCUT2D eigenvalue weighted by molar-refractivity contribution is 5.11. The molecule has 3 aliphatic carbocycles. The van der Waals surface area contributed by atoms with E-state index in [9.17, 15) is 0 Å². The van der Waals surface area contributed by atoms with E-state index in [-0.39, 0.29) is 0 Å². The van der Waals surface area contributed by atoms with Gasteiger partial charge < -0.3 is 10.6 Å². The smallest absolute Gasteiger partial charge is 0.0133 e. The van der Waals surface area contributed by atoms with Gasteiger partial charge in [0.15, 0.2) is 0 Å². The van der Waals surface area contributed by atoms with E-state index < -0.39 is 0 Å². The molecule has 0 bridgehead atoms. The molecule has 0 aliphatic heterocycles. The van der Waals surface area contributed by atoms with Crippen molar-refractivity contribution >= 4 is 0 Å². The molecule has 0 radical (unpaired) electrons. The lowest BCUT2D eigenvalue weighted by Crippen LogP contribution is -2.34. The average molecular weight is 194 g/mol. The predicted molar refractivity (Wildman–Crippen MR) is 58.3 cm³/mol. The van der Waals surface area contributed by atoms with Crippen molar-refractivity contribution < 1.29 is 0 Å². The van der Waals surface area contributed by atoms with Crippen LogP contribution in [0.5, 0.6) is 0 Å². The Balaban J connectivity index is 1.50. The minimum atomic E-state index is 0.746. The second kappa shape index (κ2) is 3.21. The summed E-state index contributed by atoms with van der Waals surface area (Å²) in [6.07, 6.45) is 10.1. The van der Waals surface area contributed by atoms with E-state index in [0.717, 1.165) is 23.5 Å². The molecule has 0 aromatic heterocycles. The molecule has 80 valence electrons. The van der Waals surface area contributed by atoms with E-state index >= 15 is 0 Å². The summed E-state index contributed by atoms with van der Waals surface area (Å²) < 4.78 is 0. The molecule has 1 unspecified atom stereocenters. The molecular weight excluding hydrogens is 172 g/mol. The van der Waals surface area contributed by atoms with Gasteiger partial charge in [-0.2, -0.15) is 0 Å². The van der Waals surface area contributed by atoms with Crippen LogP contribution in [0, 0.1) is 5.41 Å². The van der Waals surface area contributed by atoms with Crippen molar-refractivity contribution in [2.24, 2.45) is 5.41 Å². The molecule has 2 nitrogen and oxygen atoms in total. The van der Waals surface area contributed by atoms with Gasteiger partial charge in [0.25, 0.3) is 0 Å². The van der Waals surface area contributed by atoms with Gasteiger partial charge in [-0.05, 0) is 57.4 Å². The summed E-state index contributed by atoms with van der Waals surface area (Å²) in [6, 6.07) is 2.61. The zero-order valence-corrected chi connectivity index (χ0v) is 9.18. The molecule has 3 saturated carbocycles. The zero-order chi connectivity index (χ0) is 9.60. The van der Waals surface area contributed by atoms with Crippen LogP contribution in [0.1, 0.15) is 44.9 Å². The quantitative estimate of drug-likeness (QED) is 0.714. The lowest BCUT2D eigenvalue weighted by atomic mass is 9.83. The van der Waals surface area contributed by atoms with E-state index in [2.05, 4.69) is 17.7 Å². The molecule has 1 atom stereocenters. The summed E-state index contributed by atoms with van der Waals surface area (Å²) in [4.78, 5) is 0. The molecule has 3 rings (SSSR count). The van der Waals surface area contributed by atoms with Crippen LogP contribution >= 0.6 is 0 Å². The topological polar surface area (TPSA) is 24.1 Å². The summed E-state index contributed by atoms with van der Waals surface area (Å²) >= 11 is 0. The molecule has 2 N–H and O–H groups in total. The Morgan fingerprint density at radius 1 is 1.00 bits per heavy atom. The number of hydrogen-bond acceptors (Lipinski definition) is 2. The van der Waals surface area contributed by atoms with Gasteiger partial charge in [-0.25, -0.2) is 0 Å². The first-order valence-corrected chi connectivity index (χ1v) is 6.26. The molecule has 14 heavy (non-hydrogen) atoms. The maximum absolute atomic E-state index is 3.80. The standard InChI is InChI=1S/C12H22N2/c1-13-9-4-6-12(7-5-9)8-11(12)14-10-2-3-10/h9-11,13-14H,2-8H2,1H3. The van der Waals surface area contributed by atoms with Crippen molar-refractivity contribution in [2.75, 3.05) is 7.05 Å². The molecule has 0 aromatic carbocycles. The van der Waals surface area contributed by atoms with Crippen molar-refractivity contribution in [3.8, 4) is 0 Å². The maximum atomic E-state index is 3.80. The van der Waals surface area contributed by atoms with Crippen LogP contribution < -0.4 is 10.6 Å². The van der Waals surface area contributed by atoms with Gasteiger partial charge in [0, 0.05) is 18.1 Å². The largest absolute Gasteiger partial charge is 0.317 e. The Hall–Kier alpha value is -0.0800. The fraction of sp³-hybridized carbons (Fsp3) is 1.00. The van der Waals surface area contributed by atoms with Gasteiger partial charge in [-0.3, -0.25) is 0 Å². The van der Waals surface area contributed by atoms with Crippen LogP contribution in [0.3, 0.4) is 0 Å². The Labute approximate surface area is 86.8 Å². The zero-order valence-electron chi connectivity index (χ0n) is 9.18. The van der Waals surface area contributed by atoms with Gasteiger partial charge in [-0.15, -0.1) is 0 Å². The second-order valence-corrected chi connectivity index (χ2v) is 5.62. The summed E-state index contributed by atoms with van der Waals surface area (Å²) in [5.41, 5.74) is 0.746. The monoisotopic (exact) mass is 194 g/mol. The number of hydrogen-bond donors (Lipinski definition) is 2. The molecule has 3 fully saturated rings. The summed E-state index contributed by atoms with van der Waals surface area (Å²) in [5.74, 6) is 0. The van der Waals surface area contributed by atoms with Crippen LogP contribution in [0.2, 0.25) is 0 Å². The Morgan fingerprint density at radius 3 is 2.29 bits per heavy atom. The van der Waals surface area contributed by atoms with Crippen LogP contribution in [0.15, 0.2) is 0 Å². The normalized spacial score (nSPS) is 46.9. The number of rotatable bonds is 3. The molecule has 2 heteroatoms. The Bertz CT molecular complexity index is 214. The van der Waals surface area contributed by atoms with Gasteiger partial charge in [0.2, 0.25) is 0 Å². The lowest BCUT2D eigenvalue weighted by Gasteiger charge is -2.29. The Kier molecular flexibility index (Phi) is 2.10. The fourth-order valence-corrected chi connectivity index (χ4v) is 3.15. The van der Waals surface area contributed by atoms with E-state index in [1.54, 1.807) is 0 Å². The third-order valence-electron chi connectivity index (χ3n) is 4.59. The third kappa shape index (κ3) is 1.59. The molecule has 1 spiro atoms. The van der Waals surface area contributed by atoms with Crippen molar-refractivity contribution in [3.05, 3.63) is 0 Å². The van der Waals surface area contributed by atoms with Crippen LogP contribution in [-0.2, 0) is 0 Å². The van der Waals surface area contributed by atoms with Crippen molar-refractivity contribution in [2.45, 2.75) is 63.1 Å². The highest BCUT2D eigenvalue weighted by Gasteiger charge is 2.55. The van der Waals surface area contributed by atoms with Gasteiger partial charge in [0.05, 0.1) is 0 Å². The summed E-state index contributed by atoms with van der Waals surface area (Å²) in [6.45, 7) is 0. The molecule has 0 heterocycles. The highest BCUT2D eigenvalue weighted by Crippen LogP contribution is 2.56. The minimum absolute atomic E-state index is 0.746. The van der Waals surface area contributed by atoms with E-state index in [0.29, 0.717) is 0 Å². The predicted octanol–water partition coefficient (Wildman–Crippen LogP) is 1.66. The number of nitrogens with one attached hydrogen (secondary N) is 2. The van der Waals surface area contributed by atoms with Crippen LogP contribution in [-0.4, -0.2) is 25.2 Å². The summed E-state index contributed by atoms with van der Waals surface area (Å²) in [5, 5.41) is 7.22. The molecule has 0 saturated heterocycles. The first-order valence-electron chi connectivity index (χ1n) is 6.26.